The number of carbonyl (C=O) groups is 2. The average molecular weight is 356 g/mol. The van der Waals surface area contributed by atoms with Gasteiger partial charge in [-0.2, -0.15) is 13.2 Å². The van der Waals surface area contributed by atoms with Crippen molar-refractivity contribution < 1.29 is 22.8 Å². The molecule has 0 bridgehead atoms. The summed E-state index contributed by atoms with van der Waals surface area (Å²) in [5.41, 5.74) is -1.23. The lowest BCUT2D eigenvalue weighted by Gasteiger charge is -2.33. The predicted molar refractivity (Wildman–Crippen MR) is 88.0 cm³/mol. The summed E-state index contributed by atoms with van der Waals surface area (Å²) < 4.78 is 39.2. The van der Waals surface area contributed by atoms with Gasteiger partial charge in [-0.05, 0) is 31.4 Å². The Kier molecular flexibility index (Phi) is 6.45. The van der Waals surface area contributed by atoms with Gasteiger partial charge in [-0.3, -0.25) is 9.59 Å². The zero-order valence-electron chi connectivity index (χ0n) is 14.2. The molecule has 25 heavy (non-hydrogen) atoms. The van der Waals surface area contributed by atoms with Crippen molar-refractivity contribution in [1.29, 1.82) is 0 Å². The molecule has 0 unspecified atom stereocenters. The summed E-state index contributed by atoms with van der Waals surface area (Å²) in [5.74, 6) is -0.613. The van der Waals surface area contributed by atoms with E-state index in [9.17, 15) is 22.8 Å². The highest BCUT2D eigenvalue weighted by Gasteiger charge is 2.36. The van der Waals surface area contributed by atoms with E-state index in [4.69, 9.17) is 0 Å². The first kappa shape index (κ1) is 19.3. The number of likely N-dealkylation sites (tertiary alicyclic amines) is 1. The molecule has 1 aromatic rings. The van der Waals surface area contributed by atoms with Gasteiger partial charge in [0.25, 0.3) is 5.91 Å². The minimum Gasteiger partial charge on any atom is -0.353 e. The number of hydrogen-bond donors (Lipinski definition) is 1. The van der Waals surface area contributed by atoms with Gasteiger partial charge in [-0.25, -0.2) is 0 Å². The number of amides is 2. The van der Waals surface area contributed by atoms with Crippen molar-refractivity contribution in [1.82, 2.24) is 10.2 Å². The number of nitrogens with one attached hydrogen (secondary N) is 1. The summed E-state index contributed by atoms with van der Waals surface area (Å²) >= 11 is 0. The van der Waals surface area contributed by atoms with Crippen molar-refractivity contribution in [3.8, 4) is 0 Å². The topological polar surface area (TPSA) is 49.4 Å². The Morgan fingerprint density at radius 1 is 1.20 bits per heavy atom. The minimum absolute atomic E-state index is 0.00552. The maximum Gasteiger partial charge on any atom is 0.417 e. The molecule has 0 radical (unpaired) electrons. The molecule has 0 atom stereocenters. The van der Waals surface area contributed by atoms with Gasteiger partial charge < -0.3 is 10.2 Å². The summed E-state index contributed by atoms with van der Waals surface area (Å²) in [4.78, 5) is 25.7. The van der Waals surface area contributed by atoms with Crippen LogP contribution in [0.4, 0.5) is 13.2 Å². The van der Waals surface area contributed by atoms with Gasteiger partial charge in [0.1, 0.15) is 0 Å². The molecule has 1 fully saturated rings. The molecule has 2 rings (SSSR count). The minimum atomic E-state index is -4.56. The lowest BCUT2D eigenvalue weighted by atomic mass is 10.0. The van der Waals surface area contributed by atoms with Crippen molar-refractivity contribution in [3.63, 3.8) is 0 Å². The fourth-order valence-corrected chi connectivity index (χ4v) is 2.95. The molecule has 0 saturated carbocycles. The van der Waals surface area contributed by atoms with Crippen LogP contribution in [0.5, 0.6) is 0 Å². The molecule has 1 heterocycles. The molecule has 138 valence electrons. The zero-order chi connectivity index (χ0) is 18.4. The maximum atomic E-state index is 13.1. The van der Waals surface area contributed by atoms with Crippen LogP contribution in [-0.2, 0) is 11.0 Å². The number of hydrogen-bond acceptors (Lipinski definition) is 2. The molecule has 1 saturated heterocycles. The standard InChI is InChI=1S/C18H23F3N2O2/c1-2-3-8-16(24)22-13-9-11-23(12-10-13)17(25)14-6-4-5-7-15(14)18(19,20)21/h4-7,13H,2-3,8-12H2,1H3,(H,22,24). The molecule has 1 aromatic carbocycles. The van der Waals surface area contributed by atoms with E-state index >= 15 is 0 Å². The molecular formula is C18H23F3N2O2. The van der Waals surface area contributed by atoms with E-state index in [1.807, 2.05) is 6.92 Å². The third-order valence-corrected chi connectivity index (χ3v) is 4.37. The maximum absolute atomic E-state index is 13.1. The van der Waals surface area contributed by atoms with Gasteiger partial charge in [0.05, 0.1) is 11.1 Å². The Balaban J connectivity index is 1.95. The van der Waals surface area contributed by atoms with Crippen LogP contribution >= 0.6 is 0 Å². The summed E-state index contributed by atoms with van der Waals surface area (Å²) in [6.07, 6.45) is -1.20. The van der Waals surface area contributed by atoms with Gasteiger partial charge >= 0.3 is 6.18 Å². The first-order valence-corrected chi connectivity index (χ1v) is 8.57. The van der Waals surface area contributed by atoms with Crippen molar-refractivity contribution in [2.45, 2.75) is 51.2 Å². The largest absolute Gasteiger partial charge is 0.417 e. The van der Waals surface area contributed by atoms with Gasteiger partial charge in [-0.1, -0.05) is 25.5 Å². The van der Waals surface area contributed by atoms with E-state index < -0.39 is 17.6 Å². The highest BCUT2D eigenvalue weighted by molar-refractivity contribution is 5.96. The first-order chi connectivity index (χ1) is 11.8. The van der Waals surface area contributed by atoms with Crippen LogP contribution in [0.15, 0.2) is 24.3 Å². The van der Waals surface area contributed by atoms with E-state index in [2.05, 4.69) is 5.32 Å². The lowest BCUT2D eigenvalue weighted by molar-refractivity contribution is -0.138. The summed E-state index contributed by atoms with van der Waals surface area (Å²) in [6, 6.07) is 4.82. The van der Waals surface area contributed by atoms with E-state index in [-0.39, 0.29) is 17.5 Å². The second kappa shape index (κ2) is 8.36. The van der Waals surface area contributed by atoms with E-state index in [1.165, 1.54) is 23.1 Å². The van der Waals surface area contributed by atoms with Gasteiger partial charge in [0, 0.05) is 25.6 Å². The SMILES string of the molecule is CCCCC(=O)NC1CCN(C(=O)c2ccccc2C(F)(F)F)CC1. The zero-order valence-corrected chi connectivity index (χ0v) is 14.2. The number of rotatable bonds is 5. The van der Waals surface area contributed by atoms with Crippen LogP contribution in [0, 0.1) is 0 Å². The number of alkyl halides is 3. The molecule has 2 amide bonds. The van der Waals surface area contributed by atoms with E-state index in [1.54, 1.807) is 0 Å². The van der Waals surface area contributed by atoms with Gasteiger partial charge in [0.2, 0.25) is 5.91 Å². The molecule has 0 aromatic heterocycles. The lowest BCUT2D eigenvalue weighted by Crippen LogP contribution is -2.46. The third-order valence-electron chi connectivity index (χ3n) is 4.37. The van der Waals surface area contributed by atoms with Crippen LogP contribution < -0.4 is 5.32 Å². The van der Waals surface area contributed by atoms with Crippen LogP contribution in [0.3, 0.4) is 0 Å². The number of carbonyl (C=O) groups excluding carboxylic acids is 2. The Bertz CT molecular complexity index is 609. The van der Waals surface area contributed by atoms with Crippen molar-refractivity contribution in [2.75, 3.05) is 13.1 Å². The van der Waals surface area contributed by atoms with Crippen LogP contribution in [0.2, 0.25) is 0 Å². The summed E-state index contributed by atoms with van der Waals surface area (Å²) in [7, 11) is 0. The molecule has 0 aliphatic carbocycles. The fourth-order valence-electron chi connectivity index (χ4n) is 2.95. The number of unbranched alkanes of at least 4 members (excludes halogenated alkanes) is 1. The summed E-state index contributed by atoms with van der Waals surface area (Å²) in [5, 5.41) is 2.93. The predicted octanol–water partition coefficient (Wildman–Crippen LogP) is 3.62. The average Bonchev–Trinajstić information content (AvgIpc) is 2.59. The quantitative estimate of drug-likeness (QED) is 0.876. The third kappa shape index (κ3) is 5.21. The number of halogens is 3. The van der Waals surface area contributed by atoms with Crippen LogP contribution in [-0.4, -0.2) is 35.8 Å². The number of nitrogens with zero attached hydrogens (tertiary/aromatic N) is 1. The van der Waals surface area contributed by atoms with Crippen molar-refractivity contribution >= 4 is 11.8 Å². The first-order valence-electron chi connectivity index (χ1n) is 8.57. The Morgan fingerprint density at radius 3 is 2.44 bits per heavy atom. The molecule has 1 N–H and O–H groups in total. The molecule has 1 aliphatic heterocycles. The smallest absolute Gasteiger partial charge is 0.353 e. The normalized spacial score (nSPS) is 15.9. The molecule has 1 aliphatic rings. The molecule has 4 nitrogen and oxygen atoms in total. The molecular weight excluding hydrogens is 333 g/mol. The Labute approximate surface area is 145 Å². The van der Waals surface area contributed by atoms with Crippen LogP contribution in [0.25, 0.3) is 0 Å². The van der Waals surface area contributed by atoms with Gasteiger partial charge in [-0.15, -0.1) is 0 Å². The van der Waals surface area contributed by atoms with Gasteiger partial charge in [0.15, 0.2) is 0 Å². The second-order valence-electron chi connectivity index (χ2n) is 6.28. The monoisotopic (exact) mass is 356 g/mol. The fraction of sp³-hybridized carbons (Fsp3) is 0.556. The molecule has 7 heteroatoms. The Hall–Kier alpha value is -2.05. The highest BCUT2D eigenvalue weighted by Crippen LogP contribution is 2.32. The molecule has 0 spiro atoms. The Morgan fingerprint density at radius 2 is 1.84 bits per heavy atom. The van der Waals surface area contributed by atoms with E-state index in [0.29, 0.717) is 32.4 Å². The van der Waals surface area contributed by atoms with Crippen molar-refractivity contribution in [3.05, 3.63) is 35.4 Å². The van der Waals surface area contributed by atoms with Crippen molar-refractivity contribution in [2.24, 2.45) is 0 Å². The number of piperidine rings is 1. The highest BCUT2D eigenvalue weighted by atomic mass is 19.4. The number of benzene rings is 1. The van der Waals surface area contributed by atoms with E-state index in [0.717, 1.165) is 18.9 Å². The summed E-state index contributed by atoms with van der Waals surface area (Å²) in [6.45, 7) is 2.68. The van der Waals surface area contributed by atoms with Crippen LogP contribution in [0.1, 0.15) is 54.9 Å². The second-order valence-corrected chi connectivity index (χ2v) is 6.28.